The van der Waals surface area contributed by atoms with E-state index in [1.165, 1.54) is 4.90 Å². The highest BCUT2D eigenvalue weighted by molar-refractivity contribution is 7.92. The van der Waals surface area contributed by atoms with Gasteiger partial charge < -0.3 is 15.0 Å². The molecule has 0 aliphatic heterocycles. The van der Waals surface area contributed by atoms with Crippen molar-refractivity contribution in [2.45, 2.75) is 52.7 Å². The normalized spacial score (nSPS) is 12.2. The topological polar surface area (TPSA) is 96.0 Å². The number of ether oxygens (including phenoxy) is 1. The Labute approximate surface area is 202 Å². The maximum atomic E-state index is 13.6. The van der Waals surface area contributed by atoms with Crippen LogP contribution in [0.5, 0.6) is 5.75 Å². The quantitative estimate of drug-likeness (QED) is 0.523. The number of aryl methyl sites for hydroxylation is 1. The molecule has 1 N–H and O–H groups in total. The van der Waals surface area contributed by atoms with Gasteiger partial charge in [-0.2, -0.15) is 0 Å². The van der Waals surface area contributed by atoms with E-state index in [-0.39, 0.29) is 18.5 Å². The first kappa shape index (κ1) is 27.2. The molecule has 2 amide bonds. The van der Waals surface area contributed by atoms with Gasteiger partial charge in [-0.25, -0.2) is 8.42 Å². The molecule has 0 aliphatic carbocycles. The summed E-state index contributed by atoms with van der Waals surface area (Å²) >= 11 is 0. The number of hydrogen-bond acceptors (Lipinski definition) is 5. The highest BCUT2D eigenvalue weighted by Gasteiger charge is 2.32. The van der Waals surface area contributed by atoms with Crippen molar-refractivity contribution < 1.29 is 22.7 Å². The molecule has 9 heteroatoms. The third-order valence-electron chi connectivity index (χ3n) is 5.27. The SMILES string of the molecule is CC[C@H](C(=O)NC(C)C)N(Cc1cccc(OC)c1)C(=O)CN(c1cccc(C)c1)S(C)(=O)=O. The molecule has 0 aromatic heterocycles. The van der Waals surface area contributed by atoms with E-state index in [4.69, 9.17) is 4.74 Å². The third-order valence-corrected chi connectivity index (χ3v) is 6.41. The predicted octanol–water partition coefficient (Wildman–Crippen LogP) is 3.10. The van der Waals surface area contributed by atoms with Crippen LogP contribution in [-0.4, -0.2) is 57.1 Å². The smallest absolute Gasteiger partial charge is 0.244 e. The summed E-state index contributed by atoms with van der Waals surface area (Å²) < 4.78 is 31.6. The molecule has 0 saturated carbocycles. The number of nitrogens with zero attached hydrogens (tertiary/aromatic N) is 2. The number of nitrogens with one attached hydrogen (secondary N) is 1. The minimum atomic E-state index is -3.75. The second-order valence-corrected chi connectivity index (χ2v) is 10.5. The standard InChI is InChI=1S/C25H35N3O5S/c1-7-23(25(30)26-18(2)3)27(16-20-11-9-13-22(15-20)33-5)24(29)17-28(34(6,31)32)21-12-8-10-19(4)14-21/h8-15,18,23H,7,16-17H2,1-6H3,(H,26,30)/t23-/m1/s1. The van der Waals surface area contributed by atoms with E-state index < -0.39 is 28.5 Å². The monoisotopic (exact) mass is 489 g/mol. The molecular weight excluding hydrogens is 454 g/mol. The minimum Gasteiger partial charge on any atom is -0.497 e. The average molecular weight is 490 g/mol. The Morgan fingerprint density at radius 3 is 2.32 bits per heavy atom. The second kappa shape index (κ2) is 11.9. The van der Waals surface area contributed by atoms with E-state index in [0.29, 0.717) is 17.9 Å². The number of sulfonamides is 1. The minimum absolute atomic E-state index is 0.102. The Morgan fingerprint density at radius 2 is 1.76 bits per heavy atom. The lowest BCUT2D eigenvalue weighted by molar-refractivity contribution is -0.140. The third kappa shape index (κ3) is 7.48. The van der Waals surface area contributed by atoms with Crippen molar-refractivity contribution >= 4 is 27.5 Å². The number of amides is 2. The first-order chi connectivity index (χ1) is 16.0. The molecule has 0 fully saturated rings. The van der Waals surface area contributed by atoms with Crippen molar-refractivity contribution in [2.75, 3.05) is 24.2 Å². The lowest BCUT2D eigenvalue weighted by Crippen LogP contribution is -2.53. The van der Waals surface area contributed by atoms with E-state index in [0.717, 1.165) is 21.7 Å². The van der Waals surface area contributed by atoms with Crippen LogP contribution < -0.4 is 14.4 Å². The molecule has 0 spiro atoms. The predicted molar refractivity (Wildman–Crippen MR) is 134 cm³/mol. The molecule has 0 heterocycles. The van der Waals surface area contributed by atoms with Gasteiger partial charge >= 0.3 is 0 Å². The average Bonchev–Trinajstić information content (AvgIpc) is 2.76. The van der Waals surface area contributed by atoms with Crippen LogP contribution in [0.4, 0.5) is 5.69 Å². The number of rotatable bonds is 11. The number of hydrogen-bond donors (Lipinski definition) is 1. The second-order valence-electron chi connectivity index (χ2n) is 8.57. The van der Waals surface area contributed by atoms with E-state index in [1.807, 2.05) is 45.9 Å². The fourth-order valence-electron chi connectivity index (χ4n) is 3.66. The molecule has 0 radical (unpaired) electrons. The lowest BCUT2D eigenvalue weighted by Gasteiger charge is -2.33. The number of carbonyl (C=O) groups excluding carboxylic acids is 2. The molecule has 8 nitrogen and oxygen atoms in total. The molecule has 2 rings (SSSR count). The van der Waals surface area contributed by atoms with Crippen molar-refractivity contribution in [3.63, 3.8) is 0 Å². The van der Waals surface area contributed by atoms with Gasteiger partial charge in [-0.05, 0) is 62.6 Å². The van der Waals surface area contributed by atoms with E-state index >= 15 is 0 Å². The van der Waals surface area contributed by atoms with Crippen LogP contribution in [0.15, 0.2) is 48.5 Å². The molecule has 2 aromatic carbocycles. The van der Waals surface area contributed by atoms with E-state index in [1.54, 1.807) is 37.4 Å². The van der Waals surface area contributed by atoms with Crippen molar-refractivity contribution in [2.24, 2.45) is 0 Å². The lowest BCUT2D eigenvalue weighted by atomic mass is 10.1. The van der Waals surface area contributed by atoms with Crippen molar-refractivity contribution in [3.05, 3.63) is 59.7 Å². The van der Waals surface area contributed by atoms with Crippen LogP contribution in [0.3, 0.4) is 0 Å². The van der Waals surface area contributed by atoms with Gasteiger partial charge in [0.2, 0.25) is 21.8 Å². The zero-order valence-electron chi connectivity index (χ0n) is 20.7. The Bertz CT molecular complexity index is 1100. The molecular formula is C25H35N3O5S. The van der Waals surface area contributed by atoms with Gasteiger partial charge in [0.05, 0.1) is 19.1 Å². The fourth-order valence-corrected chi connectivity index (χ4v) is 4.51. The Kier molecular flexibility index (Phi) is 9.49. The number of benzene rings is 2. The molecule has 1 atom stereocenters. The first-order valence-corrected chi connectivity index (χ1v) is 13.1. The number of anilines is 1. The van der Waals surface area contributed by atoms with Crippen LogP contribution >= 0.6 is 0 Å². The summed E-state index contributed by atoms with van der Waals surface area (Å²) in [5, 5.41) is 2.87. The number of carbonyl (C=O) groups is 2. The van der Waals surface area contributed by atoms with Gasteiger partial charge in [0.1, 0.15) is 18.3 Å². The van der Waals surface area contributed by atoms with E-state index in [9.17, 15) is 18.0 Å². The highest BCUT2D eigenvalue weighted by atomic mass is 32.2. The van der Waals surface area contributed by atoms with Crippen molar-refractivity contribution in [1.82, 2.24) is 10.2 Å². The number of methoxy groups -OCH3 is 1. The van der Waals surface area contributed by atoms with Crippen LogP contribution in [-0.2, 0) is 26.2 Å². The highest BCUT2D eigenvalue weighted by Crippen LogP contribution is 2.21. The molecule has 0 saturated heterocycles. The van der Waals surface area contributed by atoms with Gasteiger partial charge in [-0.1, -0.05) is 31.2 Å². The summed E-state index contributed by atoms with van der Waals surface area (Å²) in [5.74, 6) is -0.127. The summed E-state index contributed by atoms with van der Waals surface area (Å²) in [6.07, 6.45) is 1.44. The first-order valence-electron chi connectivity index (χ1n) is 11.2. The molecule has 0 unspecified atom stereocenters. The summed E-state index contributed by atoms with van der Waals surface area (Å²) in [4.78, 5) is 28.0. The van der Waals surface area contributed by atoms with Gasteiger partial charge in [0, 0.05) is 12.6 Å². The Balaban J connectivity index is 2.46. The Morgan fingerprint density at radius 1 is 1.09 bits per heavy atom. The summed E-state index contributed by atoms with van der Waals surface area (Å²) in [5.41, 5.74) is 2.04. The van der Waals surface area contributed by atoms with Gasteiger partial charge in [-0.3, -0.25) is 13.9 Å². The molecule has 0 bridgehead atoms. The van der Waals surface area contributed by atoms with Crippen LogP contribution in [0.1, 0.15) is 38.3 Å². The largest absolute Gasteiger partial charge is 0.497 e. The zero-order valence-corrected chi connectivity index (χ0v) is 21.6. The fraction of sp³-hybridized carbons (Fsp3) is 0.440. The Hall–Kier alpha value is -3.07. The molecule has 2 aromatic rings. The molecule has 0 aliphatic rings. The summed E-state index contributed by atoms with van der Waals surface area (Å²) in [7, 11) is -2.20. The summed E-state index contributed by atoms with van der Waals surface area (Å²) in [6.45, 7) is 7.09. The molecule has 34 heavy (non-hydrogen) atoms. The van der Waals surface area contributed by atoms with Gasteiger partial charge in [0.25, 0.3) is 0 Å². The zero-order chi connectivity index (χ0) is 25.5. The van der Waals surface area contributed by atoms with Crippen LogP contribution in [0.2, 0.25) is 0 Å². The van der Waals surface area contributed by atoms with Crippen molar-refractivity contribution in [3.8, 4) is 5.75 Å². The van der Waals surface area contributed by atoms with Gasteiger partial charge in [0.15, 0.2) is 0 Å². The summed E-state index contributed by atoms with van der Waals surface area (Å²) in [6, 6.07) is 13.3. The van der Waals surface area contributed by atoms with Crippen molar-refractivity contribution in [1.29, 1.82) is 0 Å². The van der Waals surface area contributed by atoms with Gasteiger partial charge in [-0.15, -0.1) is 0 Å². The van der Waals surface area contributed by atoms with E-state index in [2.05, 4.69) is 5.32 Å². The maximum Gasteiger partial charge on any atom is 0.244 e. The van der Waals surface area contributed by atoms with Crippen LogP contribution in [0.25, 0.3) is 0 Å². The maximum absolute atomic E-state index is 13.6. The van der Waals surface area contributed by atoms with Crippen LogP contribution in [0, 0.1) is 6.92 Å². The molecule has 186 valence electrons.